The largest absolute Gasteiger partial charge is 0.381 e. The van der Waals surface area contributed by atoms with Gasteiger partial charge in [0.05, 0.1) is 5.69 Å². The highest BCUT2D eigenvalue weighted by molar-refractivity contribution is 9.10. The zero-order valence-corrected chi connectivity index (χ0v) is 13.2. The quantitative estimate of drug-likeness (QED) is 0.725. The van der Waals surface area contributed by atoms with Crippen LogP contribution in [0, 0.1) is 5.82 Å². The number of aliphatic hydroxyl groups excluding tert-OH is 1. The first-order chi connectivity index (χ1) is 10.1. The molecule has 1 heterocycles. The molecular formula is C16H11BrFNOS. The molecule has 0 saturated heterocycles. The SMILES string of the molecule is OC(c1ccccc1)c1nc(-c2cc(Br)ccc2F)cs1. The van der Waals surface area contributed by atoms with Gasteiger partial charge in [0.1, 0.15) is 16.9 Å². The molecule has 0 aliphatic rings. The molecule has 2 nitrogen and oxygen atoms in total. The molecule has 0 radical (unpaired) electrons. The number of hydrogen-bond acceptors (Lipinski definition) is 3. The van der Waals surface area contributed by atoms with E-state index in [-0.39, 0.29) is 5.82 Å². The van der Waals surface area contributed by atoms with Crippen LogP contribution in [0.1, 0.15) is 16.7 Å². The van der Waals surface area contributed by atoms with Crippen molar-refractivity contribution in [2.75, 3.05) is 0 Å². The van der Waals surface area contributed by atoms with Gasteiger partial charge in [0.2, 0.25) is 0 Å². The number of nitrogens with zero attached hydrogens (tertiary/aromatic N) is 1. The lowest BCUT2D eigenvalue weighted by atomic mass is 10.1. The summed E-state index contributed by atoms with van der Waals surface area (Å²) in [5.41, 5.74) is 1.73. The number of thiazole rings is 1. The van der Waals surface area contributed by atoms with Crippen LogP contribution >= 0.6 is 27.3 Å². The Morgan fingerprint density at radius 2 is 1.90 bits per heavy atom. The van der Waals surface area contributed by atoms with Gasteiger partial charge < -0.3 is 5.11 Å². The van der Waals surface area contributed by atoms with Crippen LogP contribution in [0.15, 0.2) is 58.4 Å². The topological polar surface area (TPSA) is 33.1 Å². The van der Waals surface area contributed by atoms with Crippen LogP contribution in [-0.2, 0) is 0 Å². The van der Waals surface area contributed by atoms with Gasteiger partial charge in [-0.25, -0.2) is 9.37 Å². The van der Waals surface area contributed by atoms with E-state index < -0.39 is 6.10 Å². The second-order valence-electron chi connectivity index (χ2n) is 4.51. The fraction of sp³-hybridized carbons (Fsp3) is 0.0625. The van der Waals surface area contributed by atoms with Crippen LogP contribution in [0.4, 0.5) is 4.39 Å². The Balaban J connectivity index is 1.95. The lowest BCUT2D eigenvalue weighted by Gasteiger charge is -2.07. The number of rotatable bonds is 3. The van der Waals surface area contributed by atoms with Crippen molar-refractivity contribution in [1.82, 2.24) is 4.98 Å². The smallest absolute Gasteiger partial charge is 0.132 e. The van der Waals surface area contributed by atoms with E-state index in [2.05, 4.69) is 20.9 Å². The van der Waals surface area contributed by atoms with E-state index in [0.717, 1.165) is 10.0 Å². The van der Waals surface area contributed by atoms with Gasteiger partial charge in [-0.05, 0) is 23.8 Å². The number of benzene rings is 2. The second kappa shape index (κ2) is 6.05. The minimum atomic E-state index is -0.792. The van der Waals surface area contributed by atoms with Crippen molar-refractivity contribution in [3.8, 4) is 11.3 Å². The van der Waals surface area contributed by atoms with Crippen LogP contribution in [0.2, 0.25) is 0 Å². The second-order valence-corrected chi connectivity index (χ2v) is 6.31. The van der Waals surface area contributed by atoms with Crippen molar-refractivity contribution >= 4 is 27.3 Å². The first kappa shape index (κ1) is 14.4. The molecule has 0 amide bonds. The van der Waals surface area contributed by atoms with Crippen molar-refractivity contribution in [2.24, 2.45) is 0 Å². The molecule has 3 aromatic rings. The molecule has 3 rings (SSSR count). The number of halogens is 2. The summed E-state index contributed by atoms with van der Waals surface area (Å²) in [6.07, 6.45) is -0.792. The normalized spacial score (nSPS) is 12.3. The van der Waals surface area contributed by atoms with E-state index in [1.165, 1.54) is 17.4 Å². The van der Waals surface area contributed by atoms with Gasteiger partial charge in [-0.15, -0.1) is 11.3 Å². The monoisotopic (exact) mass is 363 g/mol. The molecular weight excluding hydrogens is 353 g/mol. The highest BCUT2D eigenvalue weighted by Gasteiger charge is 2.16. The molecule has 0 fully saturated rings. The van der Waals surface area contributed by atoms with E-state index in [4.69, 9.17) is 0 Å². The lowest BCUT2D eigenvalue weighted by Crippen LogP contribution is -1.98. The van der Waals surface area contributed by atoms with Crippen LogP contribution in [0.25, 0.3) is 11.3 Å². The minimum Gasteiger partial charge on any atom is -0.381 e. The standard InChI is InChI=1S/C16H11BrFNOS/c17-11-6-7-13(18)12(8-11)14-9-21-16(19-14)15(20)10-4-2-1-3-5-10/h1-9,15,20H. The molecule has 0 saturated carbocycles. The molecule has 2 aromatic carbocycles. The lowest BCUT2D eigenvalue weighted by molar-refractivity contribution is 0.220. The third-order valence-corrected chi connectivity index (χ3v) is 4.47. The summed E-state index contributed by atoms with van der Waals surface area (Å²) in [6.45, 7) is 0. The summed E-state index contributed by atoms with van der Waals surface area (Å²) < 4.78 is 14.7. The van der Waals surface area contributed by atoms with Gasteiger partial charge in [0.25, 0.3) is 0 Å². The molecule has 5 heteroatoms. The summed E-state index contributed by atoms with van der Waals surface area (Å²) in [4.78, 5) is 4.37. The van der Waals surface area contributed by atoms with Crippen LogP contribution in [-0.4, -0.2) is 10.1 Å². The van der Waals surface area contributed by atoms with E-state index in [1.807, 2.05) is 30.3 Å². The number of aromatic nitrogens is 1. The maximum Gasteiger partial charge on any atom is 0.132 e. The highest BCUT2D eigenvalue weighted by atomic mass is 79.9. The van der Waals surface area contributed by atoms with Crippen LogP contribution < -0.4 is 0 Å². The molecule has 0 aliphatic heterocycles. The minimum absolute atomic E-state index is 0.329. The van der Waals surface area contributed by atoms with E-state index >= 15 is 0 Å². The average Bonchev–Trinajstić information content (AvgIpc) is 2.99. The fourth-order valence-electron chi connectivity index (χ4n) is 2.01. The van der Waals surface area contributed by atoms with Crippen molar-refractivity contribution in [2.45, 2.75) is 6.10 Å². The molecule has 1 N–H and O–H groups in total. The van der Waals surface area contributed by atoms with Gasteiger partial charge in [0, 0.05) is 15.4 Å². The Kier molecular flexibility index (Phi) is 4.14. The highest BCUT2D eigenvalue weighted by Crippen LogP contribution is 2.31. The third kappa shape index (κ3) is 3.05. The maximum atomic E-state index is 13.9. The summed E-state index contributed by atoms with van der Waals surface area (Å²) in [6, 6.07) is 14.0. The Morgan fingerprint density at radius 1 is 1.14 bits per heavy atom. The Hall–Kier alpha value is -1.56. The van der Waals surface area contributed by atoms with Crippen molar-refractivity contribution in [3.63, 3.8) is 0 Å². The first-order valence-corrected chi connectivity index (χ1v) is 7.96. The molecule has 0 aliphatic carbocycles. The van der Waals surface area contributed by atoms with Crippen molar-refractivity contribution in [1.29, 1.82) is 0 Å². The van der Waals surface area contributed by atoms with Crippen molar-refractivity contribution in [3.05, 3.63) is 74.8 Å². The Morgan fingerprint density at radius 3 is 2.67 bits per heavy atom. The van der Waals surface area contributed by atoms with Gasteiger partial charge in [0.15, 0.2) is 0 Å². The Labute approximate surface area is 134 Å². The van der Waals surface area contributed by atoms with E-state index in [0.29, 0.717) is 16.3 Å². The van der Waals surface area contributed by atoms with E-state index in [9.17, 15) is 9.50 Å². The predicted octanol–water partition coefficient (Wildman–Crippen LogP) is 4.79. The summed E-state index contributed by atoms with van der Waals surface area (Å²) >= 11 is 4.64. The van der Waals surface area contributed by atoms with Crippen LogP contribution in [0.5, 0.6) is 0 Å². The predicted molar refractivity (Wildman–Crippen MR) is 85.7 cm³/mol. The van der Waals surface area contributed by atoms with Gasteiger partial charge in [-0.2, -0.15) is 0 Å². The zero-order chi connectivity index (χ0) is 14.8. The third-order valence-electron chi connectivity index (χ3n) is 3.08. The number of aliphatic hydroxyl groups is 1. The Bertz CT molecular complexity index is 760. The van der Waals surface area contributed by atoms with Gasteiger partial charge in [-0.3, -0.25) is 0 Å². The summed E-state index contributed by atoms with van der Waals surface area (Å²) in [7, 11) is 0. The molecule has 106 valence electrons. The van der Waals surface area contributed by atoms with E-state index in [1.54, 1.807) is 17.5 Å². The molecule has 0 spiro atoms. The van der Waals surface area contributed by atoms with Crippen LogP contribution in [0.3, 0.4) is 0 Å². The zero-order valence-electron chi connectivity index (χ0n) is 10.8. The molecule has 1 atom stereocenters. The van der Waals surface area contributed by atoms with Crippen molar-refractivity contribution < 1.29 is 9.50 Å². The molecule has 1 unspecified atom stereocenters. The fourth-order valence-corrected chi connectivity index (χ4v) is 3.20. The summed E-state index contributed by atoms with van der Waals surface area (Å²) in [5, 5.41) is 12.6. The number of hydrogen-bond donors (Lipinski definition) is 1. The first-order valence-electron chi connectivity index (χ1n) is 6.29. The average molecular weight is 364 g/mol. The molecule has 21 heavy (non-hydrogen) atoms. The van der Waals surface area contributed by atoms with Gasteiger partial charge >= 0.3 is 0 Å². The van der Waals surface area contributed by atoms with Gasteiger partial charge in [-0.1, -0.05) is 46.3 Å². The molecule has 0 bridgehead atoms. The maximum absolute atomic E-state index is 13.9. The molecule has 1 aromatic heterocycles. The summed E-state index contributed by atoms with van der Waals surface area (Å²) in [5.74, 6) is -0.329.